The molecule has 0 aliphatic heterocycles. The summed E-state index contributed by atoms with van der Waals surface area (Å²) in [4.78, 5) is 25.0. The number of benzene rings is 3. The molecular weight excluding hydrogens is 434 g/mol. The fraction of sp³-hybridized carbons (Fsp3) is 0.259. The van der Waals surface area contributed by atoms with E-state index in [1.54, 1.807) is 6.07 Å². The molecule has 7 heteroatoms. The fourth-order valence-electron chi connectivity index (χ4n) is 4.32. The maximum Gasteiger partial charge on any atom is 0.344 e. The number of hydrogen-bond donors (Lipinski definition) is 1. The number of ether oxygens (including phenoxy) is 3. The quantitative estimate of drug-likeness (QED) is 0.390. The van der Waals surface area contributed by atoms with Crippen LogP contribution < -0.4 is 14.8 Å². The van der Waals surface area contributed by atoms with E-state index < -0.39 is 18.0 Å². The molecule has 0 bridgehead atoms. The Morgan fingerprint density at radius 3 is 2.68 bits per heavy atom. The minimum Gasteiger partial charge on any atom is -0.495 e. The topological polar surface area (TPSA) is 87.0 Å². The second-order valence-electron chi connectivity index (χ2n) is 8.34. The molecule has 0 radical (unpaired) electrons. The molecule has 4 aromatic rings. The van der Waals surface area contributed by atoms with Crippen LogP contribution in [0.1, 0.15) is 24.5 Å². The van der Waals surface area contributed by atoms with Gasteiger partial charge >= 0.3 is 5.97 Å². The Labute approximate surface area is 196 Å². The smallest absolute Gasteiger partial charge is 0.344 e. The van der Waals surface area contributed by atoms with E-state index in [1.165, 1.54) is 25.2 Å². The van der Waals surface area contributed by atoms with Crippen molar-refractivity contribution in [1.29, 1.82) is 0 Å². The summed E-state index contributed by atoms with van der Waals surface area (Å²) >= 11 is 0. The third-order valence-electron chi connectivity index (χ3n) is 6.06. The van der Waals surface area contributed by atoms with Gasteiger partial charge in [-0.05, 0) is 61.6 Å². The van der Waals surface area contributed by atoms with E-state index in [-0.39, 0.29) is 6.61 Å². The van der Waals surface area contributed by atoms with E-state index in [0.717, 1.165) is 35.6 Å². The van der Waals surface area contributed by atoms with Crippen LogP contribution in [0.25, 0.3) is 21.9 Å². The van der Waals surface area contributed by atoms with Crippen LogP contribution in [-0.2, 0) is 27.2 Å². The van der Waals surface area contributed by atoms with Gasteiger partial charge < -0.3 is 23.9 Å². The molecule has 1 heterocycles. The summed E-state index contributed by atoms with van der Waals surface area (Å²) in [5, 5.41) is 4.60. The Morgan fingerprint density at radius 1 is 1.00 bits per heavy atom. The van der Waals surface area contributed by atoms with E-state index in [4.69, 9.17) is 18.6 Å². The lowest BCUT2D eigenvalue weighted by atomic mass is 10.1. The SMILES string of the molecule is COc1cc2c(cc1NC(=O)C(C)OC(=O)COc1ccc3c(c1)CCC3)oc1ccccc12. The number of rotatable bonds is 7. The second kappa shape index (κ2) is 9.09. The predicted octanol–water partition coefficient (Wildman–Crippen LogP) is 5.03. The van der Waals surface area contributed by atoms with Gasteiger partial charge in [0.05, 0.1) is 12.8 Å². The number of para-hydroxylation sites is 1. The van der Waals surface area contributed by atoms with Gasteiger partial charge in [-0.3, -0.25) is 4.79 Å². The standard InChI is InChI=1S/C27H25NO6/c1-16(33-26(29)15-32-19-11-10-17-6-5-7-18(17)12-19)27(30)28-22-14-24-21(13-25(22)31-2)20-8-3-4-9-23(20)34-24/h3-4,8-14,16H,5-7,15H2,1-2H3,(H,28,30). The summed E-state index contributed by atoms with van der Waals surface area (Å²) in [6, 6.07) is 17.1. The molecule has 0 saturated heterocycles. The summed E-state index contributed by atoms with van der Waals surface area (Å²) < 4.78 is 22.2. The zero-order valence-corrected chi connectivity index (χ0v) is 19.1. The van der Waals surface area contributed by atoms with Gasteiger partial charge in [0.2, 0.25) is 0 Å². The first kappa shape index (κ1) is 21.8. The highest BCUT2D eigenvalue weighted by Crippen LogP contribution is 2.36. The number of carbonyl (C=O) groups excluding carboxylic acids is 2. The number of esters is 1. The Morgan fingerprint density at radius 2 is 1.82 bits per heavy atom. The predicted molar refractivity (Wildman–Crippen MR) is 128 cm³/mol. The molecule has 1 aromatic heterocycles. The van der Waals surface area contributed by atoms with Gasteiger partial charge in [0.15, 0.2) is 12.7 Å². The molecule has 0 saturated carbocycles. The molecule has 174 valence electrons. The summed E-state index contributed by atoms with van der Waals surface area (Å²) in [6.45, 7) is 1.24. The van der Waals surface area contributed by atoms with Crippen LogP contribution >= 0.6 is 0 Å². The number of hydrogen-bond acceptors (Lipinski definition) is 6. The van der Waals surface area contributed by atoms with Crippen molar-refractivity contribution >= 4 is 39.5 Å². The number of nitrogens with one attached hydrogen (secondary N) is 1. The Bertz CT molecular complexity index is 1390. The lowest BCUT2D eigenvalue weighted by Gasteiger charge is -2.15. The molecule has 3 aromatic carbocycles. The molecular formula is C27H25NO6. The monoisotopic (exact) mass is 459 g/mol. The number of carbonyl (C=O) groups is 2. The van der Waals surface area contributed by atoms with Crippen molar-refractivity contribution in [3.05, 3.63) is 65.7 Å². The van der Waals surface area contributed by atoms with Crippen molar-refractivity contribution in [2.24, 2.45) is 0 Å². The van der Waals surface area contributed by atoms with Gasteiger partial charge in [-0.1, -0.05) is 24.3 Å². The third kappa shape index (κ3) is 4.29. The van der Waals surface area contributed by atoms with Crippen molar-refractivity contribution in [2.75, 3.05) is 19.0 Å². The van der Waals surface area contributed by atoms with Crippen molar-refractivity contribution in [1.82, 2.24) is 0 Å². The normalized spacial score (nSPS) is 13.5. The number of fused-ring (bicyclic) bond motifs is 4. The molecule has 0 spiro atoms. The Hall–Kier alpha value is -4.00. The van der Waals surface area contributed by atoms with Crippen molar-refractivity contribution in [3.63, 3.8) is 0 Å². The van der Waals surface area contributed by atoms with E-state index in [0.29, 0.717) is 22.8 Å². The zero-order valence-electron chi connectivity index (χ0n) is 19.1. The summed E-state index contributed by atoms with van der Waals surface area (Å²) in [5.41, 5.74) is 4.38. The van der Waals surface area contributed by atoms with Gasteiger partial charge in [0.1, 0.15) is 22.7 Å². The van der Waals surface area contributed by atoms with Gasteiger partial charge in [-0.25, -0.2) is 4.79 Å². The highest BCUT2D eigenvalue weighted by Gasteiger charge is 2.21. The number of methoxy groups -OCH3 is 1. The first-order valence-electron chi connectivity index (χ1n) is 11.3. The van der Waals surface area contributed by atoms with Crippen LogP contribution in [-0.4, -0.2) is 31.7 Å². The van der Waals surface area contributed by atoms with Crippen LogP contribution in [0.4, 0.5) is 5.69 Å². The van der Waals surface area contributed by atoms with Gasteiger partial charge in [0, 0.05) is 16.8 Å². The molecule has 1 aliphatic carbocycles. The first-order chi connectivity index (χ1) is 16.5. The van der Waals surface area contributed by atoms with Crippen LogP contribution in [0, 0.1) is 0 Å². The van der Waals surface area contributed by atoms with E-state index >= 15 is 0 Å². The van der Waals surface area contributed by atoms with Crippen LogP contribution in [0.2, 0.25) is 0 Å². The van der Waals surface area contributed by atoms with E-state index in [2.05, 4.69) is 5.32 Å². The maximum absolute atomic E-state index is 12.7. The lowest BCUT2D eigenvalue weighted by molar-refractivity contribution is -0.155. The van der Waals surface area contributed by atoms with Crippen LogP contribution in [0.15, 0.2) is 59.0 Å². The number of amides is 1. The Balaban J connectivity index is 1.22. The summed E-state index contributed by atoms with van der Waals surface area (Å²) in [5.74, 6) is -0.00746. The third-order valence-corrected chi connectivity index (χ3v) is 6.06. The largest absolute Gasteiger partial charge is 0.495 e. The van der Waals surface area contributed by atoms with E-state index in [1.807, 2.05) is 48.5 Å². The molecule has 1 N–H and O–H groups in total. The molecule has 5 rings (SSSR count). The van der Waals surface area contributed by atoms with Gasteiger partial charge in [0.25, 0.3) is 5.91 Å². The molecule has 34 heavy (non-hydrogen) atoms. The zero-order chi connectivity index (χ0) is 23.7. The average Bonchev–Trinajstić information content (AvgIpc) is 3.45. The molecule has 1 amide bonds. The number of aryl methyl sites for hydroxylation is 2. The average molecular weight is 459 g/mol. The van der Waals surface area contributed by atoms with E-state index in [9.17, 15) is 9.59 Å². The van der Waals surface area contributed by atoms with Gasteiger partial charge in [-0.2, -0.15) is 0 Å². The first-order valence-corrected chi connectivity index (χ1v) is 11.3. The lowest BCUT2D eigenvalue weighted by Crippen LogP contribution is -2.31. The molecule has 1 unspecified atom stereocenters. The van der Waals surface area contributed by atoms with Crippen LogP contribution in [0.3, 0.4) is 0 Å². The second-order valence-corrected chi connectivity index (χ2v) is 8.34. The summed E-state index contributed by atoms with van der Waals surface area (Å²) in [7, 11) is 1.53. The fourth-order valence-corrected chi connectivity index (χ4v) is 4.32. The maximum atomic E-state index is 12.7. The summed E-state index contributed by atoms with van der Waals surface area (Å²) in [6.07, 6.45) is 2.23. The highest BCUT2D eigenvalue weighted by molar-refractivity contribution is 6.08. The van der Waals surface area contributed by atoms with Crippen molar-refractivity contribution in [3.8, 4) is 11.5 Å². The number of furan rings is 1. The molecule has 0 fully saturated rings. The van der Waals surface area contributed by atoms with Gasteiger partial charge in [-0.15, -0.1) is 0 Å². The molecule has 1 atom stereocenters. The number of anilines is 1. The highest BCUT2D eigenvalue weighted by atomic mass is 16.6. The van der Waals surface area contributed by atoms with Crippen molar-refractivity contribution in [2.45, 2.75) is 32.3 Å². The van der Waals surface area contributed by atoms with Crippen molar-refractivity contribution < 1.29 is 28.2 Å². The van der Waals surface area contributed by atoms with Crippen LogP contribution in [0.5, 0.6) is 11.5 Å². The minimum absolute atomic E-state index is 0.273. The molecule has 7 nitrogen and oxygen atoms in total. The molecule has 1 aliphatic rings. The Kier molecular flexibility index (Phi) is 5.84. The minimum atomic E-state index is -1.02.